The summed E-state index contributed by atoms with van der Waals surface area (Å²) < 4.78 is 5.69. The molecule has 118 valence electrons. The third kappa shape index (κ3) is 3.32. The molecule has 0 aromatic carbocycles. The highest BCUT2D eigenvalue weighted by molar-refractivity contribution is 5.08. The molecule has 0 N–H and O–H groups in total. The number of rotatable bonds is 2. The Hall–Kier alpha value is -0.870. The molecule has 4 heteroatoms. The Morgan fingerprint density at radius 3 is 2.71 bits per heavy atom. The van der Waals surface area contributed by atoms with Gasteiger partial charge in [0.15, 0.2) is 0 Å². The van der Waals surface area contributed by atoms with E-state index in [-0.39, 0.29) is 5.41 Å². The highest BCUT2D eigenvalue weighted by Gasteiger charge is 2.40. The maximum Gasteiger partial charge on any atom is 0.208 e. The van der Waals surface area contributed by atoms with Gasteiger partial charge in [0.2, 0.25) is 5.89 Å². The highest BCUT2D eigenvalue weighted by atomic mass is 16.3. The Kier molecular flexibility index (Phi) is 3.87. The Bertz CT molecular complexity index is 490. The third-order valence-corrected chi connectivity index (χ3v) is 5.05. The molecule has 0 aliphatic carbocycles. The number of aromatic nitrogens is 1. The largest absolute Gasteiger partial charge is 0.447 e. The maximum absolute atomic E-state index is 5.69. The zero-order chi connectivity index (χ0) is 15.1. The van der Waals surface area contributed by atoms with Crippen molar-refractivity contribution in [2.75, 3.05) is 33.2 Å². The van der Waals surface area contributed by atoms with Gasteiger partial charge in [0.1, 0.15) is 6.26 Å². The summed E-state index contributed by atoms with van der Waals surface area (Å²) in [7, 11) is 2.26. The lowest BCUT2D eigenvalue weighted by atomic mass is 9.79. The fourth-order valence-electron chi connectivity index (χ4n) is 3.87. The molecule has 3 heterocycles. The van der Waals surface area contributed by atoms with Crippen LogP contribution < -0.4 is 0 Å². The van der Waals surface area contributed by atoms with Crippen LogP contribution >= 0.6 is 0 Å². The minimum atomic E-state index is 0.0695. The van der Waals surface area contributed by atoms with Crippen molar-refractivity contribution in [2.24, 2.45) is 5.41 Å². The van der Waals surface area contributed by atoms with E-state index in [1.165, 1.54) is 45.4 Å². The number of hydrogen-bond donors (Lipinski definition) is 0. The van der Waals surface area contributed by atoms with E-state index < -0.39 is 0 Å². The zero-order valence-corrected chi connectivity index (χ0v) is 14.0. The molecule has 1 aromatic rings. The summed E-state index contributed by atoms with van der Waals surface area (Å²) in [5, 5.41) is 0. The molecule has 1 aromatic heterocycles. The van der Waals surface area contributed by atoms with Gasteiger partial charge in [-0.3, -0.25) is 4.90 Å². The van der Waals surface area contributed by atoms with Crippen LogP contribution in [0.4, 0.5) is 0 Å². The minimum absolute atomic E-state index is 0.0695. The topological polar surface area (TPSA) is 32.5 Å². The van der Waals surface area contributed by atoms with E-state index in [1.54, 1.807) is 0 Å². The van der Waals surface area contributed by atoms with E-state index in [9.17, 15) is 0 Å². The van der Waals surface area contributed by atoms with Crippen LogP contribution in [0.5, 0.6) is 0 Å². The molecule has 0 saturated carbocycles. The van der Waals surface area contributed by atoms with Gasteiger partial charge in [0, 0.05) is 18.5 Å². The first kappa shape index (κ1) is 15.0. The molecule has 1 spiro atoms. The highest BCUT2D eigenvalue weighted by Crippen LogP contribution is 2.39. The number of piperidine rings is 1. The van der Waals surface area contributed by atoms with Crippen LogP contribution in [0.3, 0.4) is 0 Å². The number of likely N-dealkylation sites (tertiary alicyclic amines) is 2. The van der Waals surface area contributed by atoms with Crippen molar-refractivity contribution in [3.63, 3.8) is 0 Å². The van der Waals surface area contributed by atoms with E-state index in [1.807, 2.05) is 6.26 Å². The molecule has 2 fully saturated rings. The first-order chi connectivity index (χ1) is 9.86. The molecular formula is C17H29N3O. The molecule has 21 heavy (non-hydrogen) atoms. The molecule has 0 bridgehead atoms. The molecule has 2 aliphatic heterocycles. The minimum Gasteiger partial charge on any atom is -0.447 e. The van der Waals surface area contributed by atoms with Crippen molar-refractivity contribution in [1.29, 1.82) is 0 Å². The van der Waals surface area contributed by atoms with Crippen LogP contribution in [0.25, 0.3) is 0 Å². The van der Waals surface area contributed by atoms with Gasteiger partial charge in [-0.25, -0.2) is 4.98 Å². The van der Waals surface area contributed by atoms with Gasteiger partial charge in [-0.15, -0.1) is 0 Å². The second-order valence-corrected chi connectivity index (χ2v) is 8.18. The fourth-order valence-corrected chi connectivity index (χ4v) is 3.87. The Morgan fingerprint density at radius 2 is 2.05 bits per heavy atom. The summed E-state index contributed by atoms with van der Waals surface area (Å²) in [5.74, 6) is 0.876. The zero-order valence-electron chi connectivity index (χ0n) is 14.0. The van der Waals surface area contributed by atoms with Crippen molar-refractivity contribution in [3.05, 3.63) is 17.8 Å². The van der Waals surface area contributed by atoms with E-state index in [4.69, 9.17) is 4.42 Å². The predicted octanol–water partition coefficient (Wildman–Crippen LogP) is 2.89. The first-order valence-corrected chi connectivity index (χ1v) is 8.22. The molecule has 2 saturated heterocycles. The Labute approximate surface area is 128 Å². The Morgan fingerprint density at radius 1 is 1.24 bits per heavy atom. The van der Waals surface area contributed by atoms with E-state index in [2.05, 4.69) is 42.6 Å². The average molecular weight is 291 g/mol. The number of oxazole rings is 1. The quantitative estimate of drug-likeness (QED) is 0.839. The second kappa shape index (κ2) is 5.40. The van der Waals surface area contributed by atoms with Gasteiger partial charge in [0.25, 0.3) is 0 Å². The SMILES string of the molecule is CN1CCCC2(CCN(Cc3nc(C(C)(C)C)co3)C2)C1. The summed E-state index contributed by atoms with van der Waals surface area (Å²) in [6, 6.07) is 0. The third-order valence-electron chi connectivity index (χ3n) is 5.05. The van der Waals surface area contributed by atoms with Gasteiger partial charge in [0.05, 0.1) is 12.2 Å². The van der Waals surface area contributed by atoms with Gasteiger partial charge in [-0.1, -0.05) is 20.8 Å². The molecule has 4 nitrogen and oxygen atoms in total. The normalized spacial score (nSPS) is 28.6. The molecule has 3 rings (SSSR count). The smallest absolute Gasteiger partial charge is 0.208 e. The molecule has 0 radical (unpaired) electrons. The standard InChI is InChI=1S/C17H29N3O/c1-16(2,3)14-11-21-15(18-14)10-20-9-7-17(13-20)6-5-8-19(4)12-17/h11H,5-10,12-13H2,1-4H3. The van der Waals surface area contributed by atoms with Crippen molar-refractivity contribution < 1.29 is 4.42 Å². The molecule has 2 aliphatic rings. The number of nitrogens with zero attached hydrogens (tertiary/aromatic N) is 3. The first-order valence-electron chi connectivity index (χ1n) is 8.22. The van der Waals surface area contributed by atoms with Crippen molar-refractivity contribution in [3.8, 4) is 0 Å². The van der Waals surface area contributed by atoms with Crippen LogP contribution in [0, 0.1) is 5.41 Å². The van der Waals surface area contributed by atoms with Gasteiger partial charge < -0.3 is 9.32 Å². The lowest BCUT2D eigenvalue weighted by Gasteiger charge is -2.38. The monoisotopic (exact) mass is 291 g/mol. The molecular weight excluding hydrogens is 262 g/mol. The van der Waals surface area contributed by atoms with Crippen molar-refractivity contribution in [2.45, 2.75) is 52.0 Å². The van der Waals surface area contributed by atoms with Gasteiger partial charge in [-0.2, -0.15) is 0 Å². The van der Waals surface area contributed by atoms with Crippen LogP contribution in [0.15, 0.2) is 10.7 Å². The predicted molar refractivity (Wildman–Crippen MR) is 84.3 cm³/mol. The van der Waals surface area contributed by atoms with E-state index in [0.717, 1.165) is 18.1 Å². The second-order valence-electron chi connectivity index (χ2n) is 8.18. The van der Waals surface area contributed by atoms with Crippen LogP contribution in [0.2, 0.25) is 0 Å². The molecule has 1 atom stereocenters. The summed E-state index contributed by atoms with van der Waals surface area (Å²) in [6.45, 7) is 12.3. The van der Waals surface area contributed by atoms with Crippen LogP contribution in [-0.4, -0.2) is 48.0 Å². The fraction of sp³-hybridized carbons (Fsp3) is 0.824. The van der Waals surface area contributed by atoms with E-state index in [0.29, 0.717) is 5.41 Å². The van der Waals surface area contributed by atoms with Crippen molar-refractivity contribution >= 4 is 0 Å². The molecule has 0 amide bonds. The van der Waals surface area contributed by atoms with Crippen LogP contribution in [-0.2, 0) is 12.0 Å². The van der Waals surface area contributed by atoms with Gasteiger partial charge >= 0.3 is 0 Å². The number of hydrogen-bond acceptors (Lipinski definition) is 4. The lowest BCUT2D eigenvalue weighted by Crippen LogP contribution is -2.42. The summed E-state index contributed by atoms with van der Waals surface area (Å²) >= 11 is 0. The molecule has 1 unspecified atom stereocenters. The van der Waals surface area contributed by atoms with Crippen molar-refractivity contribution in [1.82, 2.24) is 14.8 Å². The van der Waals surface area contributed by atoms with Gasteiger partial charge in [-0.05, 0) is 44.8 Å². The summed E-state index contributed by atoms with van der Waals surface area (Å²) in [5.41, 5.74) is 1.65. The van der Waals surface area contributed by atoms with Crippen LogP contribution in [0.1, 0.15) is 51.6 Å². The summed E-state index contributed by atoms with van der Waals surface area (Å²) in [4.78, 5) is 9.70. The van der Waals surface area contributed by atoms with E-state index >= 15 is 0 Å². The average Bonchev–Trinajstić information content (AvgIpc) is 2.97. The summed E-state index contributed by atoms with van der Waals surface area (Å²) in [6.07, 6.45) is 5.88. The lowest BCUT2D eigenvalue weighted by molar-refractivity contribution is 0.110. The Balaban J connectivity index is 1.61. The maximum atomic E-state index is 5.69.